The summed E-state index contributed by atoms with van der Waals surface area (Å²) in [4.78, 5) is 28.6. The first-order valence-electron chi connectivity index (χ1n) is 15.1. The Bertz CT molecular complexity index is 1400. The summed E-state index contributed by atoms with van der Waals surface area (Å²) in [5.74, 6) is -1.26. The lowest BCUT2D eigenvalue weighted by Gasteiger charge is -2.36. The van der Waals surface area contributed by atoms with Gasteiger partial charge in [-0.1, -0.05) is 24.3 Å². The standard InChI is InChI=1S/C34H39F2N3O5/c1-42-14-3-15-43-30-5-2-4-24(16-30)22-44-29-10-6-23(7-11-29)21-39(28-8-9-28)34(41)31-20-37-13-12-32(31)38-33(40)25-17-26(35)19-27(36)18-25/h2,4-7,10-11,16-19,28,31-32,37H,3,8-9,12-15,20-22H2,1H3,(H,38,40). The lowest BCUT2D eigenvalue weighted by molar-refractivity contribution is -0.138. The van der Waals surface area contributed by atoms with Crippen LogP contribution < -0.4 is 20.1 Å². The minimum Gasteiger partial charge on any atom is -0.493 e. The average molecular weight is 608 g/mol. The molecular formula is C34H39F2N3O5. The molecule has 0 aromatic heterocycles. The van der Waals surface area contributed by atoms with Crippen LogP contribution >= 0.6 is 0 Å². The van der Waals surface area contributed by atoms with Gasteiger partial charge in [0.25, 0.3) is 5.91 Å². The van der Waals surface area contributed by atoms with Crippen LogP contribution in [0, 0.1) is 17.6 Å². The van der Waals surface area contributed by atoms with E-state index in [9.17, 15) is 18.4 Å². The molecule has 3 aromatic carbocycles. The molecule has 1 saturated carbocycles. The molecule has 2 unspecified atom stereocenters. The monoisotopic (exact) mass is 607 g/mol. The van der Waals surface area contributed by atoms with Gasteiger partial charge >= 0.3 is 0 Å². The Morgan fingerprint density at radius 1 is 0.909 bits per heavy atom. The maximum atomic E-state index is 13.8. The van der Waals surface area contributed by atoms with Crippen molar-refractivity contribution in [2.45, 2.75) is 50.9 Å². The normalized spacial score (nSPS) is 18.0. The maximum absolute atomic E-state index is 13.8. The van der Waals surface area contributed by atoms with E-state index in [1.165, 1.54) is 0 Å². The number of methoxy groups -OCH3 is 1. The number of ether oxygens (including phenoxy) is 3. The van der Waals surface area contributed by atoms with Gasteiger partial charge in [0.15, 0.2) is 0 Å². The van der Waals surface area contributed by atoms with Crippen molar-refractivity contribution in [3.05, 3.63) is 95.1 Å². The van der Waals surface area contributed by atoms with E-state index in [-0.39, 0.29) is 17.5 Å². The van der Waals surface area contributed by atoms with Crippen molar-refractivity contribution in [2.75, 3.05) is 33.4 Å². The summed E-state index contributed by atoms with van der Waals surface area (Å²) in [7, 11) is 1.67. The fraction of sp³-hybridized carbons (Fsp3) is 0.412. The van der Waals surface area contributed by atoms with E-state index in [2.05, 4.69) is 10.6 Å². The highest BCUT2D eigenvalue weighted by Crippen LogP contribution is 2.31. The summed E-state index contributed by atoms with van der Waals surface area (Å²) in [5.41, 5.74) is 1.87. The highest BCUT2D eigenvalue weighted by atomic mass is 19.1. The minimum absolute atomic E-state index is 0.0416. The lowest BCUT2D eigenvalue weighted by atomic mass is 9.91. The Balaban J connectivity index is 1.17. The zero-order valence-electron chi connectivity index (χ0n) is 24.9. The molecule has 1 saturated heterocycles. The van der Waals surface area contributed by atoms with E-state index in [0.717, 1.165) is 60.1 Å². The first-order chi connectivity index (χ1) is 21.4. The van der Waals surface area contributed by atoms with Crippen LogP contribution in [0.3, 0.4) is 0 Å². The van der Waals surface area contributed by atoms with Crippen LogP contribution in [0.5, 0.6) is 11.5 Å². The Labute approximate surface area is 256 Å². The van der Waals surface area contributed by atoms with Crippen LogP contribution in [-0.4, -0.2) is 62.2 Å². The van der Waals surface area contributed by atoms with Crippen molar-refractivity contribution in [1.29, 1.82) is 0 Å². The second-order valence-electron chi connectivity index (χ2n) is 11.3. The second-order valence-corrected chi connectivity index (χ2v) is 11.3. The topological polar surface area (TPSA) is 89.1 Å². The molecule has 234 valence electrons. The highest BCUT2D eigenvalue weighted by Gasteiger charge is 2.40. The van der Waals surface area contributed by atoms with Crippen molar-refractivity contribution >= 4 is 11.8 Å². The van der Waals surface area contributed by atoms with Crippen molar-refractivity contribution in [1.82, 2.24) is 15.5 Å². The maximum Gasteiger partial charge on any atom is 0.251 e. The van der Waals surface area contributed by atoms with Crippen molar-refractivity contribution in [3.63, 3.8) is 0 Å². The number of carbonyl (C=O) groups is 2. The molecule has 1 aliphatic heterocycles. The smallest absolute Gasteiger partial charge is 0.251 e. The minimum atomic E-state index is -0.822. The fourth-order valence-electron chi connectivity index (χ4n) is 5.39. The van der Waals surface area contributed by atoms with Crippen molar-refractivity contribution < 1.29 is 32.6 Å². The van der Waals surface area contributed by atoms with Crippen LogP contribution in [0.15, 0.2) is 66.7 Å². The molecule has 2 amide bonds. The zero-order valence-corrected chi connectivity index (χ0v) is 24.9. The number of nitrogens with zero attached hydrogens (tertiary/aromatic N) is 1. The SMILES string of the molecule is COCCCOc1cccc(COc2ccc(CN(C(=O)C3CNCCC3NC(=O)c3cc(F)cc(F)c3)C3CC3)cc2)c1. The van der Waals surface area contributed by atoms with Gasteiger partial charge in [0.1, 0.15) is 29.7 Å². The second kappa shape index (κ2) is 15.1. The summed E-state index contributed by atoms with van der Waals surface area (Å²) >= 11 is 0. The summed E-state index contributed by atoms with van der Waals surface area (Å²) in [5, 5.41) is 6.12. The molecule has 0 bridgehead atoms. The molecule has 2 atom stereocenters. The molecular weight excluding hydrogens is 568 g/mol. The van der Waals surface area contributed by atoms with Gasteiger partial charge in [-0.2, -0.15) is 0 Å². The highest BCUT2D eigenvalue weighted by molar-refractivity contribution is 5.95. The molecule has 0 spiro atoms. The quantitative estimate of drug-likeness (QED) is 0.255. The van der Waals surface area contributed by atoms with Gasteiger partial charge in [-0.05, 0) is 73.3 Å². The first-order valence-corrected chi connectivity index (χ1v) is 15.1. The van der Waals surface area contributed by atoms with Crippen molar-refractivity contribution in [2.24, 2.45) is 5.92 Å². The number of benzene rings is 3. The number of amides is 2. The fourth-order valence-corrected chi connectivity index (χ4v) is 5.39. The lowest BCUT2D eigenvalue weighted by Crippen LogP contribution is -2.55. The Hall–Kier alpha value is -4.02. The summed E-state index contributed by atoms with van der Waals surface area (Å²) in [6, 6.07) is 18.0. The number of rotatable bonds is 14. The molecule has 10 heteroatoms. The third-order valence-electron chi connectivity index (χ3n) is 7.85. The third kappa shape index (κ3) is 8.76. The molecule has 44 heavy (non-hydrogen) atoms. The predicted octanol–water partition coefficient (Wildman–Crippen LogP) is 4.86. The number of piperidine rings is 1. The van der Waals surface area contributed by atoms with E-state index in [1.54, 1.807) is 7.11 Å². The summed E-state index contributed by atoms with van der Waals surface area (Å²) in [6.07, 6.45) is 3.22. The van der Waals surface area contributed by atoms with Gasteiger partial charge < -0.3 is 29.7 Å². The molecule has 0 radical (unpaired) electrons. The van der Waals surface area contributed by atoms with Crippen LogP contribution in [0.1, 0.15) is 47.2 Å². The predicted molar refractivity (Wildman–Crippen MR) is 161 cm³/mol. The summed E-state index contributed by atoms with van der Waals surface area (Å²) in [6.45, 7) is 3.12. The Morgan fingerprint density at radius 2 is 1.68 bits per heavy atom. The molecule has 1 aliphatic carbocycles. The average Bonchev–Trinajstić information content (AvgIpc) is 3.87. The molecule has 8 nitrogen and oxygen atoms in total. The van der Waals surface area contributed by atoms with Crippen LogP contribution in [0.4, 0.5) is 8.78 Å². The van der Waals surface area contributed by atoms with E-state index in [1.807, 2.05) is 53.4 Å². The molecule has 2 N–H and O–H groups in total. The van der Waals surface area contributed by atoms with Gasteiger partial charge in [-0.25, -0.2) is 8.78 Å². The van der Waals surface area contributed by atoms with E-state index in [0.29, 0.717) is 45.9 Å². The van der Waals surface area contributed by atoms with Gasteiger partial charge in [0, 0.05) is 56.9 Å². The van der Waals surface area contributed by atoms with Gasteiger partial charge in [0.05, 0.1) is 12.5 Å². The molecule has 2 fully saturated rings. The van der Waals surface area contributed by atoms with E-state index >= 15 is 0 Å². The van der Waals surface area contributed by atoms with Crippen LogP contribution in [-0.2, 0) is 22.7 Å². The number of hydrogen-bond acceptors (Lipinski definition) is 6. The van der Waals surface area contributed by atoms with E-state index in [4.69, 9.17) is 14.2 Å². The van der Waals surface area contributed by atoms with Gasteiger partial charge in [0.2, 0.25) is 5.91 Å². The molecule has 1 heterocycles. The van der Waals surface area contributed by atoms with Crippen molar-refractivity contribution in [3.8, 4) is 11.5 Å². The Kier molecular flexibility index (Phi) is 10.8. The number of halogens is 2. The molecule has 3 aromatic rings. The Morgan fingerprint density at radius 3 is 2.41 bits per heavy atom. The number of nitrogens with one attached hydrogen (secondary N) is 2. The van der Waals surface area contributed by atoms with E-state index < -0.39 is 29.5 Å². The summed E-state index contributed by atoms with van der Waals surface area (Å²) < 4.78 is 44.2. The zero-order chi connectivity index (χ0) is 30.9. The largest absolute Gasteiger partial charge is 0.493 e. The van der Waals surface area contributed by atoms with Gasteiger partial charge in [-0.3, -0.25) is 9.59 Å². The van der Waals surface area contributed by atoms with Gasteiger partial charge in [-0.15, -0.1) is 0 Å². The van der Waals surface area contributed by atoms with Crippen LogP contribution in [0.2, 0.25) is 0 Å². The number of carbonyl (C=O) groups excluding carboxylic acids is 2. The molecule has 5 rings (SSSR count). The molecule has 2 aliphatic rings. The first kappa shape index (κ1) is 31.4. The van der Waals surface area contributed by atoms with Crippen LogP contribution in [0.25, 0.3) is 0 Å². The number of hydrogen-bond donors (Lipinski definition) is 2. The third-order valence-corrected chi connectivity index (χ3v) is 7.85.